The van der Waals surface area contributed by atoms with Gasteiger partial charge in [-0.3, -0.25) is 9.69 Å². The van der Waals surface area contributed by atoms with Gasteiger partial charge in [0.15, 0.2) is 0 Å². The molecule has 0 aromatic carbocycles. The maximum atomic E-state index is 13.0. The minimum Gasteiger partial charge on any atom is -0.338 e. The molecular formula is C18H26N6O. The lowest BCUT2D eigenvalue weighted by Crippen LogP contribution is -2.56. The number of aromatic nitrogens is 2. The molecule has 3 heterocycles. The second kappa shape index (κ2) is 7.79. The van der Waals surface area contributed by atoms with Gasteiger partial charge in [0.2, 0.25) is 11.9 Å². The van der Waals surface area contributed by atoms with Gasteiger partial charge in [0.05, 0.1) is 6.07 Å². The molecule has 3 rings (SSSR count). The summed E-state index contributed by atoms with van der Waals surface area (Å²) >= 11 is 0. The van der Waals surface area contributed by atoms with E-state index in [1.165, 1.54) is 0 Å². The first-order valence-corrected chi connectivity index (χ1v) is 9.08. The number of anilines is 1. The average molecular weight is 342 g/mol. The molecule has 2 aliphatic heterocycles. The van der Waals surface area contributed by atoms with Crippen molar-refractivity contribution < 1.29 is 4.79 Å². The molecule has 134 valence electrons. The maximum absolute atomic E-state index is 13.0. The smallest absolute Gasteiger partial charge is 0.245 e. The van der Waals surface area contributed by atoms with Crippen molar-refractivity contribution in [1.82, 2.24) is 19.8 Å². The van der Waals surface area contributed by atoms with Crippen molar-refractivity contribution in [2.75, 3.05) is 37.6 Å². The Bertz CT molecular complexity index is 620. The molecule has 2 saturated heterocycles. The third-order valence-corrected chi connectivity index (χ3v) is 5.13. The highest BCUT2D eigenvalue weighted by atomic mass is 16.2. The number of piperazine rings is 1. The monoisotopic (exact) mass is 342 g/mol. The predicted octanol–water partition coefficient (Wildman–Crippen LogP) is 1.14. The van der Waals surface area contributed by atoms with Gasteiger partial charge >= 0.3 is 0 Å². The fourth-order valence-electron chi connectivity index (χ4n) is 3.79. The standard InChI is InChI=1S/C18H26N6O/c1-14(2)16(13-19)22-9-11-23(12-10-22)17(25)15-5-3-8-24(15)18-20-6-4-7-21-18/h4,6-7,14-16H,3,5,8-12H2,1-2H3. The van der Waals surface area contributed by atoms with Gasteiger partial charge in [0, 0.05) is 45.1 Å². The van der Waals surface area contributed by atoms with Crippen molar-refractivity contribution in [3.05, 3.63) is 18.5 Å². The first-order valence-electron chi connectivity index (χ1n) is 9.08. The largest absolute Gasteiger partial charge is 0.338 e. The molecule has 0 saturated carbocycles. The molecule has 0 spiro atoms. The third-order valence-electron chi connectivity index (χ3n) is 5.13. The van der Waals surface area contributed by atoms with Crippen LogP contribution in [0.2, 0.25) is 0 Å². The van der Waals surface area contributed by atoms with E-state index >= 15 is 0 Å². The molecule has 2 aliphatic rings. The van der Waals surface area contributed by atoms with E-state index in [1.807, 2.05) is 9.80 Å². The molecule has 2 unspecified atom stereocenters. The van der Waals surface area contributed by atoms with Crippen LogP contribution in [-0.4, -0.2) is 70.5 Å². The highest BCUT2D eigenvalue weighted by Crippen LogP contribution is 2.24. The molecule has 1 aromatic heterocycles. The van der Waals surface area contributed by atoms with Gasteiger partial charge < -0.3 is 9.80 Å². The zero-order valence-corrected chi connectivity index (χ0v) is 15.0. The second-order valence-electron chi connectivity index (χ2n) is 7.08. The number of rotatable bonds is 4. The minimum absolute atomic E-state index is 0.0713. The van der Waals surface area contributed by atoms with Gasteiger partial charge in [-0.2, -0.15) is 5.26 Å². The first-order chi connectivity index (χ1) is 12.1. The van der Waals surface area contributed by atoms with E-state index in [0.29, 0.717) is 25.0 Å². The molecule has 7 nitrogen and oxygen atoms in total. The van der Waals surface area contributed by atoms with E-state index in [1.54, 1.807) is 18.5 Å². The minimum atomic E-state index is -0.161. The number of nitrogens with zero attached hydrogens (tertiary/aromatic N) is 6. The topological polar surface area (TPSA) is 76.4 Å². The van der Waals surface area contributed by atoms with Gasteiger partial charge in [0.1, 0.15) is 12.1 Å². The Morgan fingerprint density at radius 3 is 2.48 bits per heavy atom. The van der Waals surface area contributed by atoms with Crippen LogP contribution in [0.1, 0.15) is 26.7 Å². The molecule has 1 aromatic rings. The molecule has 0 radical (unpaired) electrons. The number of hydrogen-bond donors (Lipinski definition) is 0. The molecule has 2 fully saturated rings. The summed E-state index contributed by atoms with van der Waals surface area (Å²) in [5.41, 5.74) is 0. The van der Waals surface area contributed by atoms with Gasteiger partial charge in [-0.1, -0.05) is 13.8 Å². The summed E-state index contributed by atoms with van der Waals surface area (Å²) in [6, 6.07) is 3.95. The van der Waals surface area contributed by atoms with Crippen LogP contribution in [0.15, 0.2) is 18.5 Å². The molecular weight excluding hydrogens is 316 g/mol. The molecule has 2 atom stereocenters. The molecule has 25 heavy (non-hydrogen) atoms. The van der Waals surface area contributed by atoms with Crippen molar-refractivity contribution in [1.29, 1.82) is 5.26 Å². The van der Waals surface area contributed by atoms with Crippen molar-refractivity contribution in [3.63, 3.8) is 0 Å². The Morgan fingerprint density at radius 1 is 1.20 bits per heavy atom. The van der Waals surface area contributed by atoms with E-state index in [0.717, 1.165) is 32.5 Å². The summed E-state index contributed by atoms with van der Waals surface area (Å²) in [6.45, 7) is 7.86. The Morgan fingerprint density at radius 2 is 1.88 bits per heavy atom. The van der Waals surface area contributed by atoms with Crippen molar-refractivity contribution in [2.24, 2.45) is 5.92 Å². The van der Waals surface area contributed by atoms with Gasteiger partial charge in [-0.05, 0) is 24.8 Å². The fraction of sp³-hybridized carbons (Fsp3) is 0.667. The molecule has 0 N–H and O–H groups in total. The quantitative estimate of drug-likeness (QED) is 0.817. The summed E-state index contributed by atoms with van der Waals surface area (Å²) in [5, 5.41) is 9.36. The van der Waals surface area contributed by atoms with E-state index in [2.05, 4.69) is 34.8 Å². The Kier molecular flexibility index (Phi) is 5.49. The summed E-state index contributed by atoms with van der Waals surface area (Å²) in [5.74, 6) is 1.11. The zero-order chi connectivity index (χ0) is 17.8. The van der Waals surface area contributed by atoms with Crippen molar-refractivity contribution >= 4 is 11.9 Å². The summed E-state index contributed by atoms with van der Waals surface area (Å²) in [4.78, 5) is 27.8. The van der Waals surface area contributed by atoms with Crippen LogP contribution >= 0.6 is 0 Å². The third kappa shape index (κ3) is 3.74. The Hall–Kier alpha value is -2.20. The van der Waals surface area contributed by atoms with E-state index < -0.39 is 0 Å². The normalized spacial score (nSPS) is 22.9. The van der Waals surface area contributed by atoms with E-state index in [-0.39, 0.29) is 18.0 Å². The molecule has 0 aliphatic carbocycles. The first kappa shape index (κ1) is 17.6. The molecule has 1 amide bonds. The van der Waals surface area contributed by atoms with Crippen LogP contribution in [0.4, 0.5) is 5.95 Å². The lowest BCUT2D eigenvalue weighted by Gasteiger charge is -2.39. The van der Waals surface area contributed by atoms with Gasteiger partial charge in [-0.15, -0.1) is 0 Å². The van der Waals surface area contributed by atoms with Crippen LogP contribution in [0, 0.1) is 17.2 Å². The number of carbonyl (C=O) groups excluding carboxylic acids is 1. The van der Waals surface area contributed by atoms with Gasteiger partial charge in [-0.25, -0.2) is 9.97 Å². The summed E-state index contributed by atoms with van der Waals surface area (Å²) < 4.78 is 0. The van der Waals surface area contributed by atoms with Crippen LogP contribution < -0.4 is 4.90 Å². The lowest BCUT2D eigenvalue weighted by atomic mass is 10.0. The summed E-state index contributed by atoms with van der Waals surface area (Å²) in [7, 11) is 0. The van der Waals surface area contributed by atoms with Crippen molar-refractivity contribution in [3.8, 4) is 6.07 Å². The maximum Gasteiger partial charge on any atom is 0.245 e. The van der Waals surface area contributed by atoms with Gasteiger partial charge in [0.25, 0.3) is 0 Å². The van der Waals surface area contributed by atoms with E-state index in [4.69, 9.17) is 0 Å². The highest BCUT2D eigenvalue weighted by molar-refractivity contribution is 5.85. The number of hydrogen-bond acceptors (Lipinski definition) is 6. The molecule has 7 heteroatoms. The average Bonchev–Trinajstić information content (AvgIpc) is 3.12. The Balaban J connectivity index is 1.62. The van der Waals surface area contributed by atoms with Crippen molar-refractivity contribution in [2.45, 2.75) is 38.8 Å². The van der Waals surface area contributed by atoms with E-state index in [9.17, 15) is 10.1 Å². The fourth-order valence-corrected chi connectivity index (χ4v) is 3.79. The molecule has 0 bridgehead atoms. The number of nitriles is 1. The highest BCUT2D eigenvalue weighted by Gasteiger charge is 2.37. The Labute approximate surface area is 149 Å². The van der Waals surface area contributed by atoms with Crippen LogP contribution in [0.3, 0.4) is 0 Å². The zero-order valence-electron chi connectivity index (χ0n) is 15.0. The van der Waals surface area contributed by atoms with Crippen LogP contribution in [-0.2, 0) is 4.79 Å². The predicted molar refractivity (Wildman–Crippen MR) is 94.8 cm³/mol. The van der Waals surface area contributed by atoms with Crippen LogP contribution in [0.25, 0.3) is 0 Å². The second-order valence-corrected chi connectivity index (χ2v) is 7.08. The summed E-state index contributed by atoms with van der Waals surface area (Å²) in [6.07, 6.45) is 5.27. The SMILES string of the molecule is CC(C)C(C#N)N1CCN(C(=O)C2CCCN2c2ncccn2)CC1. The van der Waals surface area contributed by atoms with Crippen LogP contribution in [0.5, 0.6) is 0 Å². The number of carbonyl (C=O) groups is 1. The number of amides is 1. The lowest BCUT2D eigenvalue weighted by molar-refractivity contribution is -0.134.